The first-order valence-electron chi connectivity index (χ1n) is 11.2. The molecule has 2 aromatic carbocycles. The van der Waals surface area contributed by atoms with Crippen LogP contribution in [-0.4, -0.2) is 42.2 Å². The van der Waals surface area contributed by atoms with Gasteiger partial charge in [-0.1, -0.05) is 67.2 Å². The average Bonchev–Trinajstić information content (AvgIpc) is 3.28. The lowest BCUT2D eigenvalue weighted by atomic mass is 9.93. The van der Waals surface area contributed by atoms with E-state index in [1.54, 1.807) is 0 Å². The van der Waals surface area contributed by atoms with Crippen molar-refractivity contribution in [3.8, 4) is 5.75 Å². The van der Waals surface area contributed by atoms with Gasteiger partial charge in [0.2, 0.25) is 5.91 Å². The van der Waals surface area contributed by atoms with Gasteiger partial charge < -0.3 is 19.7 Å². The second-order valence-electron chi connectivity index (χ2n) is 7.70. The molecule has 0 spiro atoms. The normalized spacial score (nSPS) is 17.0. The molecule has 0 aromatic heterocycles. The second kappa shape index (κ2) is 11.1. The fourth-order valence-corrected chi connectivity index (χ4v) is 4.90. The molecule has 1 amide bonds. The first-order valence-corrected chi connectivity index (χ1v) is 12.0. The number of amidine groups is 1. The van der Waals surface area contributed by atoms with E-state index in [4.69, 9.17) is 14.5 Å². The molecule has 1 atom stereocenters. The lowest BCUT2D eigenvalue weighted by Crippen LogP contribution is -2.38. The molecule has 0 unspecified atom stereocenters. The lowest BCUT2D eigenvalue weighted by molar-refractivity contribution is -0.136. The van der Waals surface area contributed by atoms with Crippen LogP contribution < -0.4 is 10.1 Å². The van der Waals surface area contributed by atoms with Crippen molar-refractivity contribution in [2.24, 2.45) is 4.99 Å². The highest BCUT2D eigenvalue weighted by Gasteiger charge is 2.41. The Hall–Kier alpha value is -3.52. The highest BCUT2D eigenvalue weighted by atomic mass is 32.2. The number of aliphatic imine (C=N–C) groups is 1. The molecule has 176 valence electrons. The van der Waals surface area contributed by atoms with E-state index in [2.05, 4.69) is 5.32 Å². The van der Waals surface area contributed by atoms with Crippen molar-refractivity contribution in [1.29, 1.82) is 0 Å². The van der Waals surface area contributed by atoms with Crippen molar-refractivity contribution < 1.29 is 19.1 Å². The zero-order chi connectivity index (χ0) is 23.9. The highest BCUT2D eigenvalue weighted by Crippen LogP contribution is 2.45. The standard InChI is InChI=1S/C26H27N3O4S/c1-3-21-23(25(31)32-2)24(18-10-6-4-7-11-18)29-19(17-34-26(29)28-21)16-22(30)27-14-15-33-20-12-8-5-9-13-20/h4-13,17,24H,3,14-16H2,1-2H3,(H,27,30)/t24-/m0/s1. The summed E-state index contributed by atoms with van der Waals surface area (Å²) < 4.78 is 10.8. The molecule has 2 aliphatic heterocycles. The van der Waals surface area contributed by atoms with Gasteiger partial charge in [-0.25, -0.2) is 9.79 Å². The molecule has 0 fully saturated rings. The van der Waals surface area contributed by atoms with Gasteiger partial charge in [-0.05, 0) is 29.5 Å². The van der Waals surface area contributed by atoms with E-state index < -0.39 is 12.0 Å². The summed E-state index contributed by atoms with van der Waals surface area (Å²) in [6.45, 7) is 2.74. The van der Waals surface area contributed by atoms with Crippen LogP contribution in [0.3, 0.4) is 0 Å². The van der Waals surface area contributed by atoms with E-state index in [1.165, 1.54) is 18.9 Å². The highest BCUT2D eigenvalue weighted by molar-refractivity contribution is 8.16. The molecule has 0 aliphatic carbocycles. The zero-order valence-electron chi connectivity index (χ0n) is 19.2. The Bertz CT molecular complexity index is 1130. The number of hydrogen-bond acceptors (Lipinski definition) is 7. The van der Waals surface area contributed by atoms with Gasteiger partial charge in [-0.2, -0.15) is 0 Å². The van der Waals surface area contributed by atoms with Gasteiger partial charge in [0.25, 0.3) is 0 Å². The topological polar surface area (TPSA) is 80.2 Å². The summed E-state index contributed by atoms with van der Waals surface area (Å²) in [6.07, 6.45) is 0.763. The molecule has 7 nitrogen and oxygen atoms in total. The molecule has 0 saturated heterocycles. The molecule has 34 heavy (non-hydrogen) atoms. The maximum atomic E-state index is 12.8. The number of rotatable bonds is 9. The maximum absolute atomic E-state index is 12.8. The third-order valence-electron chi connectivity index (χ3n) is 5.52. The molecule has 0 saturated carbocycles. The predicted molar refractivity (Wildman–Crippen MR) is 133 cm³/mol. The number of ether oxygens (including phenoxy) is 2. The van der Waals surface area contributed by atoms with Gasteiger partial charge >= 0.3 is 5.97 Å². The first kappa shape index (κ1) is 23.6. The summed E-state index contributed by atoms with van der Waals surface area (Å²) in [5, 5.41) is 5.60. The number of allylic oxidation sites excluding steroid dienone is 1. The van der Waals surface area contributed by atoms with Crippen LogP contribution >= 0.6 is 11.8 Å². The van der Waals surface area contributed by atoms with Crippen LogP contribution in [0.4, 0.5) is 0 Å². The number of carbonyl (C=O) groups is 2. The molecular formula is C26H27N3O4S. The minimum absolute atomic E-state index is 0.124. The van der Waals surface area contributed by atoms with Crippen molar-refractivity contribution in [3.05, 3.63) is 88.6 Å². The van der Waals surface area contributed by atoms with E-state index in [9.17, 15) is 9.59 Å². The number of nitrogens with one attached hydrogen (secondary N) is 1. The van der Waals surface area contributed by atoms with E-state index in [0.717, 1.165) is 22.2 Å². The minimum atomic E-state index is -0.411. The van der Waals surface area contributed by atoms with Crippen molar-refractivity contribution in [2.45, 2.75) is 25.8 Å². The Morgan fingerprint density at radius 1 is 1.09 bits per heavy atom. The third kappa shape index (κ3) is 5.17. The van der Waals surface area contributed by atoms with E-state index in [1.807, 2.05) is 77.9 Å². The summed E-state index contributed by atoms with van der Waals surface area (Å²) in [7, 11) is 1.38. The van der Waals surface area contributed by atoms with Gasteiger partial charge in [0.15, 0.2) is 5.17 Å². The number of thioether (sulfide) groups is 1. The number of benzene rings is 2. The Morgan fingerprint density at radius 2 is 1.79 bits per heavy atom. The number of carbonyl (C=O) groups excluding carboxylic acids is 2. The summed E-state index contributed by atoms with van der Waals surface area (Å²) in [5.74, 6) is 0.231. The van der Waals surface area contributed by atoms with Gasteiger partial charge in [-0.15, -0.1) is 0 Å². The molecule has 1 N–H and O–H groups in total. The van der Waals surface area contributed by atoms with Crippen LogP contribution in [-0.2, 0) is 14.3 Å². The Kier molecular flexibility index (Phi) is 7.69. The summed E-state index contributed by atoms with van der Waals surface area (Å²) in [4.78, 5) is 32.3. The maximum Gasteiger partial charge on any atom is 0.338 e. The fraction of sp³-hybridized carbons (Fsp3) is 0.269. The molecule has 2 heterocycles. The Labute approximate surface area is 203 Å². The van der Waals surface area contributed by atoms with Crippen LogP contribution in [0, 0.1) is 0 Å². The number of amides is 1. The molecule has 8 heteroatoms. The molecule has 2 aliphatic rings. The van der Waals surface area contributed by atoms with Crippen LogP contribution in [0.5, 0.6) is 5.75 Å². The van der Waals surface area contributed by atoms with Gasteiger partial charge in [0.05, 0.1) is 37.4 Å². The Morgan fingerprint density at radius 3 is 2.47 bits per heavy atom. The predicted octanol–water partition coefficient (Wildman–Crippen LogP) is 4.41. The van der Waals surface area contributed by atoms with Crippen LogP contribution in [0.15, 0.2) is 88.0 Å². The van der Waals surface area contributed by atoms with Gasteiger partial charge in [-0.3, -0.25) is 4.79 Å². The van der Waals surface area contributed by atoms with Crippen molar-refractivity contribution >= 4 is 28.8 Å². The van der Waals surface area contributed by atoms with Crippen LogP contribution in [0.25, 0.3) is 0 Å². The smallest absolute Gasteiger partial charge is 0.338 e. The van der Waals surface area contributed by atoms with E-state index >= 15 is 0 Å². The largest absolute Gasteiger partial charge is 0.492 e. The van der Waals surface area contributed by atoms with Gasteiger partial charge in [0, 0.05) is 5.70 Å². The minimum Gasteiger partial charge on any atom is -0.492 e. The lowest BCUT2D eigenvalue weighted by Gasteiger charge is -2.36. The number of esters is 1. The fourth-order valence-electron chi connectivity index (χ4n) is 3.97. The van der Waals surface area contributed by atoms with Crippen molar-refractivity contribution in [3.63, 3.8) is 0 Å². The number of nitrogens with zero attached hydrogens (tertiary/aromatic N) is 2. The van der Waals surface area contributed by atoms with Crippen LogP contribution in [0.1, 0.15) is 31.4 Å². The third-order valence-corrected chi connectivity index (χ3v) is 6.41. The zero-order valence-corrected chi connectivity index (χ0v) is 20.0. The molecular weight excluding hydrogens is 450 g/mol. The number of hydrogen-bond donors (Lipinski definition) is 1. The first-order chi connectivity index (χ1) is 16.6. The molecule has 4 rings (SSSR count). The SMILES string of the molecule is CCC1=C(C(=O)OC)[C@H](c2ccccc2)N2C(CC(=O)NCCOc3ccccc3)=CSC2=N1. The summed E-state index contributed by atoms with van der Waals surface area (Å²) >= 11 is 1.46. The van der Waals surface area contributed by atoms with Crippen LogP contribution in [0.2, 0.25) is 0 Å². The monoisotopic (exact) mass is 477 g/mol. The van der Waals surface area contributed by atoms with Gasteiger partial charge in [0.1, 0.15) is 12.4 Å². The molecule has 0 bridgehead atoms. The number of fused-ring (bicyclic) bond motifs is 1. The molecule has 0 radical (unpaired) electrons. The van der Waals surface area contributed by atoms with Crippen molar-refractivity contribution in [2.75, 3.05) is 20.3 Å². The second-order valence-corrected chi connectivity index (χ2v) is 8.53. The summed E-state index contributed by atoms with van der Waals surface area (Å²) in [5.41, 5.74) is 2.93. The quantitative estimate of drug-likeness (QED) is 0.426. The average molecular weight is 478 g/mol. The summed E-state index contributed by atoms with van der Waals surface area (Å²) in [6, 6.07) is 18.8. The van der Waals surface area contributed by atoms with Crippen molar-refractivity contribution in [1.82, 2.24) is 10.2 Å². The van der Waals surface area contributed by atoms with E-state index in [0.29, 0.717) is 30.8 Å². The van der Waals surface area contributed by atoms with E-state index in [-0.39, 0.29) is 12.3 Å². The molecule has 2 aromatic rings. The number of methoxy groups -OCH3 is 1. The number of para-hydroxylation sites is 1. The Balaban J connectivity index is 1.49.